The van der Waals surface area contributed by atoms with Gasteiger partial charge in [0.2, 0.25) is 10.0 Å². The summed E-state index contributed by atoms with van der Waals surface area (Å²) in [6.45, 7) is 5.13. The van der Waals surface area contributed by atoms with Crippen molar-refractivity contribution >= 4 is 27.2 Å². The predicted octanol–water partition coefficient (Wildman–Crippen LogP) is 3.67. The van der Waals surface area contributed by atoms with Crippen LogP contribution in [-0.2, 0) is 16.6 Å². The van der Waals surface area contributed by atoms with E-state index in [1.807, 2.05) is 13.8 Å². The van der Waals surface area contributed by atoms with Crippen LogP contribution in [0.1, 0.15) is 38.1 Å². The third-order valence-electron chi connectivity index (χ3n) is 3.72. The molecule has 9 nitrogen and oxygen atoms in total. The van der Waals surface area contributed by atoms with Gasteiger partial charge < -0.3 is 9.15 Å². The second-order valence-electron chi connectivity index (χ2n) is 6.29. The number of ether oxygens (including phenoxy) is 1. The van der Waals surface area contributed by atoms with E-state index in [1.165, 1.54) is 25.4 Å². The zero-order valence-electron chi connectivity index (χ0n) is 16.3. The number of rotatable bonds is 9. The second-order valence-corrected chi connectivity index (χ2v) is 9.59. The Bertz CT molecular complexity index is 1100. The fourth-order valence-corrected chi connectivity index (χ4v) is 4.31. The maximum Gasteiger partial charge on any atom is 0.314 e. The Labute approximate surface area is 175 Å². The molecule has 0 aliphatic carbocycles. The quantitative estimate of drug-likeness (QED) is 0.477. The molecule has 0 atom stereocenters. The van der Waals surface area contributed by atoms with Crippen molar-refractivity contribution in [2.45, 2.75) is 39.8 Å². The van der Waals surface area contributed by atoms with Crippen molar-refractivity contribution in [1.82, 2.24) is 20.2 Å². The monoisotopic (exact) mass is 459 g/mol. The zero-order valence-corrected chi connectivity index (χ0v) is 18.0. The molecule has 3 heterocycles. The average Bonchev–Trinajstić information content (AvgIpc) is 3.35. The van der Waals surface area contributed by atoms with E-state index < -0.39 is 22.3 Å². The number of hydrogen-bond acceptors (Lipinski definition) is 9. The Kier molecular flexibility index (Phi) is 6.61. The number of pyridine rings is 1. The molecule has 0 radical (unpaired) electrons. The van der Waals surface area contributed by atoms with Crippen LogP contribution in [0.5, 0.6) is 5.75 Å². The van der Waals surface area contributed by atoms with E-state index in [1.54, 1.807) is 6.07 Å². The molecule has 0 bridgehead atoms. The molecule has 0 saturated heterocycles. The van der Waals surface area contributed by atoms with Gasteiger partial charge in [0.1, 0.15) is 21.5 Å². The molecule has 0 spiro atoms. The van der Waals surface area contributed by atoms with Gasteiger partial charge in [0.05, 0.1) is 24.6 Å². The Morgan fingerprint density at radius 3 is 2.67 bits per heavy atom. The van der Waals surface area contributed by atoms with Gasteiger partial charge in [-0.25, -0.2) is 22.7 Å². The Morgan fingerprint density at radius 2 is 2.03 bits per heavy atom. The molecule has 0 aliphatic heterocycles. The standard InChI is InChI=1S/C17H19F2N5O4S2/c1-4-30(25,26)24(13-7-11(5-6-20-13)27-10(2)3)9-14-21-8-12(29-14)16-22-23-17(28-16)15(18)19/h5-8,10,15H,4,9H2,1-3H3. The maximum absolute atomic E-state index is 12.7. The van der Waals surface area contributed by atoms with Crippen LogP contribution in [0.15, 0.2) is 28.9 Å². The molecule has 0 saturated carbocycles. The van der Waals surface area contributed by atoms with Crippen LogP contribution in [0.25, 0.3) is 10.8 Å². The third-order valence-corrected chi connectivity index (χ3v) is 6.40. The minimum absolute atomic E-state index is 0.0921. The Hall–Kier alpha value is -2.67. The van der Waals surface area contributed by atoms with Gasteiger partial charge in [-0.1, -0.05) is 0 Å². The van der Waals surface area contributed by atoms with Crippen molar-refractivity contribution < 1.29 is 26.4 Å². The molecule has 162 valence electrons. The van der Waals surface area contributed by atoms with Crippen LogP contribution in [0.2, 0.25) is 0 Å². The fourth-order valence-electron chi connectivity index (χ4n) is 2.39. The first kappa shape index (κ1) is 22.0. The van der Waals surface area contributed by atoms with Crippen molar-refractivity contribution in [3.63, 3.8) is 0 Å². The summed E-state index contributed by atoms with van der Waals surface area (Å²) in [5.41, 5.74) is 0. The second kappa shape index (κ2) is 9.00. The van der Waals surface area contributed by atoms with Gasteiger partial charge in [-0.2, -0.15) is 8.78 Å². The lowest BCUT2D eigenvalue weighted by Gasteiger charge is -2.22. The summed E-state index contributed by atoms with van der Waals surface area (Å²) in [5.74, 6) is -0.379. The summed E-state index contributed by atoms with van der Waals surface area (Å²) in [6.07, 6.45) is -0.144. The van der Waals surface area contributed by atoms with Crippen molar-refractivity contribution in [1.29, 1.82) is 0 Å². The minimum Gasteiger partial charge on any atom is -0.491 e. The van der Waals surface area contributed by atoms with Gasteiger partial charge in [-0.3, -0.25) is 0 Å². The summed E-state index contributed by atoms with van der Waals surface area (Å²) in [4.78, 5) is 8.68. The SMILES string of the molecule is CCS(=O)(=O)N(Cc1ncc(-c2nnc(C(F)F)o2)s1)c1cc(OC(C)C)ccn1. The van der Waals surface area contributed by atoms with E-state index in [2.05, 4.69) is 20.2 Å². The average molecular weight is 460 g/mol. The molecular weight excluding hydrogens is 440 g/mol. The summed E-state index contributed by atoms with van der Waals surface area (Å²) in [5, 5.41) is 7.25. The lowest BCUT2D eigenvalue weighted by molar-refractivity contribution is 0.116. The lowest BCUT2D eigenvalue weighted by Crippen LogP contribution is -2.32. The molecule has 0 aromatic carbocycles. The molecular formula is C17H19F2N5O4S2. The smallest absolute Gasteiger partial charge is 0.314 e. The van der Waals surface area contributed by atoms with E-state index in [4.69, 9.17) is 9.15 Å². The number of alkyl halides is 2. The number of anilines is 1. The molecule has 3 aromatic rings. The van der Waals surface area contributed by atoms with Gasteiger partial charge >= 0.3 is 6.43 Å². The lowest BCUT2D eigenvalue weighted by atomic mass is 10.4. The molecule has 0 amide bonds. The van der Waals surface area contributed by atoms with Gasteiger partial charge in [0.15, 0.2) is 0 Å². The highest BCUT2D eigenvalue weighted by Gasteiger charge is 2.25. The number of halogens is 2. The summed E-state index contributed by atoms with van der Waals surface area (Å²) in [6, 6.07) is 3.17. The summed E-state index contributed by atoms with van der Waals surface area (Å²) < 4.78 is 62.3. The van der Waals surface area contributed by atoms with Crippen LogP contribution in [0.4, 0.5) is 14.6 Å². The molecule has 0 fully saturated rings. The van der Waals surface area contributed by atoms with E-state index in [-0.39, 0.29) is 30.1 Å². The van der Waals surface area contributed by atoms with Gasteiger partial charge in [-0.15, -0.1) is 21.5 Å². The summed E-state index contributed by atoms with van der Waals surface area (Å²) >= 11 is 1.06. The van der Waals surface area contributed by atoms with Crippen LogP contribution < -0.4 is 9.04 Å². The molecule has 0 aliphatic rings. The van der Waals surface area contributed by atoms with Crippen molar-refractivity contribution in [3.8, 4) is 16.5 Å². The zero-order chi connectivity index (χ0) is 21.9. The third kappa shape index (κ3) is 5.08. The topological polar surface area (TPSA) is 111 Å². The molecule has 0 N–H and O–H groups in total. The molecule has 0 unspecified atom stereocenters. The van der Waals surface area contributed by atoms with Gasteiger partial charge in [-0.05, 0) is 26.8 Å². The Morgan fingerprint density at radius 1 is 1.27 bits per heavy atom. The number of thiazole rings is 1. The van der Waals surface area contributed by atoms with Crippen molar-refractivity contribution in [2.24, 2.45) is 0 Å². The number of sulfonamides is 1. The molecule has 13 heteroatoms. The highest BCUT2D eigenvalue weighted by Crippen LogP contribution is 2.30. The van der Waals surface area contributed by atoms with Crippen LogP contribution in [-0.4, -0.2) is 40.4 Å². The maximum atomic E-state index is 12.7. The normalized spacial score (nSPS) is 12.0. The van der Waals surface area contributed by atoms with Gasteiger partial charge in [0.25, 0.3) is 11.8 Å². The highest BCUT2D eigenvalue weighted by atomic mass is 32.2. The predicted molar refractivity (Wildman–Crippen MR) is 106 cm³/mol. The first-order valence-corrected chi connectivity index (χ1v) is 11.3. The minimum atomic E-state index is -3.69. The number of hydrogen-bond donors (Lipinski definition) is 0. The Balaban J connectivity index is 1.89. The van der Waals surface area contributed by atoms with E-state index >= 15 is 0 Å². The van der Waals surface area contributed by atoms with Crippen LogP contribution in [0, 0.1) is 0 Å². The summed E-state index contributed by atoms with van der Waals surface area (Å²) in [7, 11) is -3.69. The van der Waals surface area contributed by atoms with E-state index in [0.29, 0.717) is 15.6 Å². The van der Waals surface area contributed by atoms with E-state index in [9.17, 15) is 17.2 Å². The van der Waals surface area contributed by atoms with Crippen LogP contribution >= 0.6 is 11.3 Å². The van der Waals surface area contributed by atoms with Crippen molar-refractivity contribution in [2.75, 3.05) is 10.1 Å². The highest BCUT2D eigenvalue weighted by molar-refractivity contribution is 7.92. The van der Waals surface area contributed by atoms with Gasteiger partial charge in [0, 0.05) is 12.3 Å². The van der Waals surface area contributed by atoms with E-state index in [0.717, 1.165) is 15.6 Å². The van der Waals surface area contributed by atoms with Crippen molar-refractivity contribution in [3.05, 3.63) is 35.4 Å². The molecule has 3 aromatic heterocycles. The number of aromatic nitrogens is 4. The first-order chi connectivity index (χ1) is 14.2. The molecule has 30 heavy (non-hydrogen) atoms. The first-order valence-electron chi connectivity index (χ1n) is 8.89. The molecule has 3 rings (SSSR count). The fraction of sp³-hybridized carbons (Fsp3) is 0.412. The van der Waals surface area contributed by atoms with Crippen LogP contribution in [0.3, 0.4) is 0 Å². The number of nitrogens with zero attached hydrogens (tertiary/aromatic N) is 5. The largest absolute Gasteiger partial charge is 0.491 e.